The van der Waals surface area contributed by atoms with Gasteiger partial charge in [-0.05, 0) is 36.4 Å². The fourth-order valence-corrected chi connectivity index (χ4v) is 2.78. The van der Waals surface area contributed by atoms with Crippen LogP contribution in [0.1, 0.15) is 22.4 Å². The Morgan fingerprint density at radius 3 is 2.44 bits per heavy atom. The summed E-state index contributed by atoms with van der Waals surface area (Å²) in [7, 11) is 0. The highest BCUT2D eigenvalue weighted by Gasteiger charge is 2.35. The van der Waals surface area contributed by atoms with Crippen LogP contribution in [0.3, 0.4) is 0 Å². The van der Waals surface area contributed by atoms with E-state index in [9.17, 15) is 4.79 Å². The number of hydrogen-bond donors (Lipinski definition) is 0. The van der Waals surface area contributed by atoms with Gasteiger partial charge in [-0.15, -0.1) is 0 Å². The molecule has 6 nitrogen and oxygen atoms in total. The molecule has 0 aliphatic carbocycles. The first kappa shape index (κ1) is 17.3. The molecule has 138 valence electrons. The quantitative estimate of drug-likeness (QED) is 0.688. The molecule has 0 N–H and O–H groups in total. The average molecular weight is 365 g/mol. The second-order valence-electron chi connectivity index (χ2n) is 6.07. The SMILES string of the molecule is O=C(c1ccccc1)N1C[C@H](COc2ccccc2)O[C@H](c2ccco2)O1. The van der Waals surface area contributed by atoms with E-state index < -0.39 is 6.29 Å². The summed E-state index contributed by atoms with van der Waals surface area (Å²) in [6.45, 7) is 0.529. The molecule has 0 radical (unpaired) electrons. The van der Waals surface area contributed by atoms with Crippen molar-refractivity contribution in [2.45, 2.75) is 12.4 Å². The Labute approximate surface area is 156 Å². The van der Waals surface area contributed by atoms with Crippen molar-refractivity contribution in [1.29, 1.82) is 0 Å². The van der Waals surface area contributed by atoms with Crippen molar-refractivity contribution in [2.24, 2.45) is 0 Å². The lowest BCUT2D eigenvalue weighted by Gasteiger charge is -2.36. The number of rotatable bonds is 5. The Hall–Kier alpha value is -3.09. The molecule has 1 aliphatic rings. The number of carbonyl (C=O) groups is 1. The third-order valence-corrected chi connectivity index (χ3v) is 4.11. The topological polar surface area (TPSA) is 61.1 Å². The summed E-state index contributed by atoms with van der Waals surface area (Å²) in [6.07, 6.45) is 0.350. The Balaban J connectivity index is 1.50. The maximum Gasteiger partial charge on any atom is 0.277 e. The first-order chi connectivity index (χ1) is 13.3. The Morgan fingerprint density at radius 1 is 1.00 bits per heavy atom. The van der Waals surface area contributed by atoms with E-state index in [-0.39, 0.29) is 25.2 Å². The van der Waals surface area contributed by atoms with Gasteiger partial charge in [0.1, 0.15) is 18.5 Å². The Bertz CT molecular complexity index is 851. The van der Waals surface area contributed by atoms with Crippen LogP contribution in [0.5, 0.6) is 5.75 Å². The zero-order valence-electron chi connectivity index (χ0n) is 14.6. The monoisotopic (exact) mass is 365 g/mol. The summed E-state index contributed by atoms with van der Waals surface area (Å²) in [4.78, 5) is 18.6. The smallest absolute Gasteiger partial charge is 0.277 e. The maximum absolute atomic E-state index is 12.8. The summed E-state index contributed by atoms with van der Waals surface area (Å²) < 4.78 is 17.1. The zero-order chi connectivity index (χ0) is 18.5. The molecule has 0 spiro atoms. The minimum atomic E-state index is -0.814. The fraction of sp³-hybridized carbons (Fsp3) is 0.190. The third-order valence-electron chi connectivity index (χ3n) is 4.11. The molecule has 2 aromatic carbocycles. The van der Waals surface area contributed by atoms with Crippen LogP contribution in [0.15, 0.2) is 83.5 Å². The van der Waals surface area contributed by atoms with Crippen LogP contribution < -0.4 is 4.74 Å². The molecular formula is C21H19NO5. The summed E-state index contributed by atoms with van der Waals surface area (Å²) >= 11 is 0. The molecule has 2 atom stereocenters. The number of nitrogens with zero attached hydrogens (tertiary/aromatic N) is 1. The lowest BCUT2D eigenvalue weighted by Crippen LogP contribution is -2.47. The van der Waals surface area contributed by atoms with Crippen molar-refractivity contribution < 1.29 is 23.5 Å². The number of ether oxygens (including phenoxy) is 2. The number of furan rings is 1. The highest BCUT2D eigenvalue weighted by Crippen LogP contribution is 2.28. The number of hydroxylamine groups is 2. The predicted octanol–water partition coefficient (Wildman–Crippen LogP) is 3.83. The molecular weight excluding hydrogens is 346 g/mol. The van der Waals surface area contributed by atoms with E-state index in [1.807, 2.05) is 48.5 Å². The lowest BCUT2D eigenvalue weighted by molar-refractivity contribution is -0.330. The van der Waals surface area contributed by atoms with Gasteiger partial charge in [-0.3, -0.25) is 4.79 Å². The number of carbonyl (C=O) groups excluding carboxylic acids is 1. The van der Waals surface area contributed by atoms with Gasteiger partial charge in [0.05, 0.1) is 12.8 Å². The van der Waals surface area contributed by atoms with Crippen molar-refractivity contribution in [3.63, 3.8) is 0 Å². The summed E-state index contributed by atoms with van der Waals surface area (Å²) in [6, 6.07) is 21.9. The van der Waals surface area contributed by atoms with Gasteiger partial charge in [0.2, 0.25) is 6.29 Å². The van der Waals surface area contributed by atoms with Gasteiger partial charge in [-0.25, -0.2) is 9.90 Å². The van der Waals surface area contributed by atoms with Gasteiger partial charge in [0.15, 0.2) is 5.76 Å². The van der Waals surface area contributed by atoms with Crippen LogP contribution in [0.4, 0.5) is 0 Å². The van der Waals surface area contributed by atoms with Crippen LogP contribution in [0, 0.1) is 0 Å². The van der Waals surface area contributed by atoms with Crippen molar-refractivity contribution in [2.75, 3.05) is 13.2 Å². The standard InChI is InChI=1S/C21H19NO5/c23-20(16-8-3-1-4-9-16)22-14-18(15-25-17-10-5-2-6-11-17)26-21(27-22)19-12-7-13-24-19/h1-13,18,21H,14-15H2/t18-,21+/m1/s1. The highest BCUT2D eigenvalue weighted by atomic mass is 16.8. The molecule has 27 heavy (non-hydrogen) atoms. The second-order valence-corrected chi connectivity index (χ2v) is 6.07. The van der Waals surface area contributed by atoms with Crippen LogP contribution in [0.25, 0.3) is 0 Å². The molecule has 1 saturated heterocycles. The first-order valence-electron chi connectivity index (χ1n) is 8.70. The minimum absolute atomic E-state index is 0.236. The molecule has 3 aromatic rings. The molecule has 6 heteroatoms. The van der Waals surface area contributed by atoms with Crippen molar-refractivity contribution >= 4 is 5.91 Å². The molecule has 0 unspecified atom stereocenters. The van der Waals surface area contributed by atoms with E-state index in [4.69, 9.17) is 18.7 Å². The van der Waals surface area contributed by atoms with Gasteiger partial charge < -0.3 is 13.9 Å². The molecule has 0 bridgehead atoms. The normalized spacial score (nSPS) is 19.6. The molecule has 2 heterocycles. The number of para-hydroxylation sites is 1. The minimum Gasteiger partial charge on any atom is -0.491 e. The molecule has 1 amide bonds. The van der Waals surface area contributed by atoms with Crippen molar-refractivity contribution in [3.8, 4) is 5.75 Å². The van der Waals surface area contributed by atoms with Gasteiger partial charge in [-0.1, -0.05) is 36.4 Å². The molecule has 1 aliphatic heterocycles. The largest absolute Gasteiger partial charge is 0.491 e. The summed E-state index contributed by atoms with van der Waals surface area (Å²) in [5.41, 5.74) is 0.542. The highest BCUT2D eigenvalue weighted by molar-refractivity contribution is 5.93. The van der Waals surface area contributed by atoms with E-state index in [1.54, 1.807) is 24.3 Å². The van der Waals surface area contributed by atoms with Gasteiger partial charge >= 0.3 is 0 Å². The van der Waals surface area contributed by atoms with E-state index >= 15 is 0 Å². The Kier molecular flexibility index (Phi) is 5.18. The number of benzene rings is 2. The second kappa shape index (κ2) is 8.07. The lowest BCUT2D eigenvalue weighted by atomic mass is 10.2. The average Bonchev–Trinajstić information content (AvgIpc) is 3.28. The van der Waals surface area contributed by atoms with Crippen molar-refractivity contribution in [3.05, 3.63) is 90.4 Å². The zero-order valence-corrected chi connectivity index (χ0v) is 14.6. The van der Waals surface area contributed by atoms with Crippen LogP contribution in [-0.2, 0) is 9.57 Å². The van der Waals surface area contributed by atoms with Gasteiger partial charge in [0.25, 0.3) is 5.91 Å². The molecule has 1 aromatic heterocycles. The van der Waals surface area contributed by atoms with E-state index in [2.05, 4.69) is 0 Å². The molecule has 4 rings (SSSR count). The van der Waals surface area contributed by atoms with E-state index in [0.29, 0.717) is 11.3 Å². The Morgan fingerprint density at radius 2 is 1.74 bits per heavy atom. The maximum atomic E-state index is 12.8. The third kappa shape index (κ3) is 4.19. The van der Waals surface area contributed by atoms with Crippen LogP contribution in [-0.4, -0.2) is 30.2 Å². The number of hydrogen-bond acceptors (Lipinski definition) is 5. The van der Waals surface area contributed by atoms with Crippen LogP contribution in [0.2, 0.25) is 0 Å². The van der Waals surface area contributed by atoms with Crippen molar-refractivity contribution in [1.82, 2.24) is 5.06 Å². The van der Waals surface area contributed by atoms with Gasteiger partial charge in [0, 0.05) is 5.56 Å². The fourth-order valence-electron chi connectivity index (χ4n) is 2.78. The molecule has 0 saturated carbocycles. The predicted molar refractivity (Wildman–Crippen MR) is 96.8 cm³/mol. The van der Waals surface area contributed by atoms with E-state index in [1.165, 1.54) is 11.3 Å². The van der Waals surface area contributed by atoms with Crippen LogP contribution >= 0.6 is 0 Å². The summed E-state index contributed by atoms with van der Waals surface area (Å²) in [5, 5.41) is 1.31. The summed E-state index contributed by atoms with van der Waals surface area (Å²) in [5.74, 6) is 0.994. The first-order valence-corrected chi connectivity index (χ1v) is 8.70. The number of amides is 1. The van der Waals surface area contributed by atoms with E-state index in [0.717, 1.165) is 5.75 Å². The van der Waals surface area contributed by atoms with Gasteiger partial charge in [-0.2, -0.15) is 0 Å². The molecule has 1 fully saturated rings.